The first-order chi connectivity index (χ1) is 26.3. The van der Waals surface area contributed by atoms with E-state index in [4.69, 9.17) is 28.4 Å². The van der Waals surface area contributed by atoms with Crippen molar-refractivity contribution in [2.45, 2.75) is 94.8 Å². The van der Waals surface area contributed by atoms with Gasteiger partial charge in [0.1, 0.15) is 29.0 Å². The molecule has 0 bridgehead atoms. The lowest BCUT2D eigenvalue weighted by Crippen LogP contribution is -2.55. The second-order valence-electron chi connectivity index (χ2n) is 14.8. The summed E-state index contributed by atoms with van der Waals surface area (Å²) in [7, 11) is 2.89. The molecule has 3 fully saturated rings. The normalized spacial score (nSPS) is 29.8. The molecule has 55 heavy (non-hydrogen) atoms. The fourth-order valence-corrected chi connectivity index (χ4v) is 8.40. The van der Waals surface area contributed by atoms with Gasteiger partial charge >= 0.3 is 0 Å². The van der Waals surface area contributed by atoms with Crippen molar-refractivity contribution in [3.05, 3.63) is 51.6 Å². The van der Waals surface area contributed by atoms with Gasteiger partial charge in [0, 0.05) is 74.8 Å². The van der Waals surface area contributed by atoms with Gasteiger partial charge in [0.25, 0.3) is 5.91 Å². The number of benzene rings is 2. The number of phenolic OH excluding ortho intramolecular Hbond substituents is 2. The number of aliphatic hydroxyl groups is 1. The lowest BCUT2D eigenvalue weighted by molar-refractivity contribution is -0.256. The van der Waals surface area contributed by atoms with Crippen LogP contribution in [0.5, 0.6) is 17.2 Å². The van der Waals surface area contributed by atoms with E-state index in [1.165, 1.54) is 32.4 Å². The standard InChI is InChI=1S/C38H48N4O13/c1-17(2)41-16-24(43)39-9-10-40-37(48)38(49)14-20-27(33(47)29-28(31(20)45)30(44)19-7-6-8-22(50-4)26(19)32(29)46)23(15-38)54-25-13-21-34(18(3)53-25)55-35-36(51-5)52-12-11-42(21)35/h6-8,17-18,21,23,25,34-36,41,45,47,49H,9-16H2,1-5H3,(H,39,43)(H,40,48)/t18?,21?,23-,25?,34?,35?,36?,38-/m0/s1. The van der Waals surface area contributed by atoms with Crippen LogP contribution in [-0.2, 0) is 39.7 Å². The molecule has 6 unspecified atom stereocenters. The van der Waals surface area contributed by atoms with Crippen LogP contribution in [0.1, 0.15) is 82.7 Å². The molecule has 2 amide bonds. The zero-order valence-electron chi connectivity index (χ0n) is 31.4. The van der Waals surface area contributed by atoms with Gasteiger partial charge in [0.2, 0.25) is 11.7 Å². The molecule has 0 spiro atoms. The van der Waals surface area contributed by atoms with Gasteiger partial charge in [0.15, 0.2) is 24.6 Å². The van der Waals surface area contributed by atoms with Gasteiger partial charge in [-0.1, -0.05) is 26.0 Å². The van der Waals surface area contributed by atoms with Crippen molar-refractivity contribution in [2.75, 3.05) is 47.0 Å². The average Bonchev–Trinajstić information content (AvgIpc) is 3.55. The fourth-order valence-electron chi connectivity index (χ4n) is 8.40. The Morgan fingerprint density at radius 2 is 1.78 bits per heavy atom. The Morgan fingerprint density at radius 3 is 2.51 bits per heavy atom. The molecule has 2 aliphatic carbocycles. The highest BCUT2D eigenvalue weighted by Gasteiger charge is 2.55. The van der Waals surface area contributed by atoms with Gasteiger partial charge in [-0.3, -0.25) is 24.1 Å². The van der Waals surface area contributed by atoms with E-state index < -0.39 is 89.6 Å². The van der Waals surface area contributed by atoms with Crippen molar-refractivity contribution in [3.63, 3.8) is 0 Å². The number of hydrogen-bond acceptors (Lipinski definition) is 15. The number of ether oxygens (including phenoxy) is 6. The summed E-state index contributed by atoms with van der Waals surface area (Å²) in [5, 5.41) is 44.2. The van der Waals surface area contributed by atoms with Crippen LogP contribution in [0.25, 0.3) is 0 Å². The second-order valence-corrected chi connectivity index (χ2v) is 14.8. The third kappa shape index (κ3) is 6.97. The summed E-state index contributed by atoms with van der Waals surface area (Å²) < 4.78 is 35.8. The van der Waals surface area contributed by atoms with Crippen LogP contribution < -0.4 is 20.7 Å². The second kappa shape index (κ2) is 15.4. The highest BCUT2D eigenvalue weighted by atomic mass is 16.7. The lowest BCUT2D eigenvalue weighted by Gasteiger charge is -2.43. The Balaban J connectivity index is 1.21. The molecular formula is C38H48N4O13. The number of hydrogen-bond donors (Lipinski definition) is 6. The number of fused-ring (bicyclic) bond motifs is 6. The van der Waals surface area contributed by atoms with Crippen LogP contribution in [-0.4, -0.2) is 139 Å². The largest absolute Gasteiger partial charge is 0.507 e. The summed E-state index contributed by atoms with van der Waals surface area (Å²) in [6, 6.07) is 4.37. The summed E-state index contributed by atoms with van der Waals surface area (Å²) in [4.78, 5) is 56.1. The Kier molecular flexibility index (Phi) is 10.9. The summed E-state index contributed by atoms with van der Waals surface area (Å²) in [6.07, 6.45) is -4.88. The third-order valence-corrected chi connectivity index (χ3v) is 11.0. The van der Waals surface area contributed by atoms with Gasteiger partial charge < -0.3 is 59.7 Å². The molecule has 2 aromatic rings. The van der Waals surface area contributed by atoms with E-state index in [0.717, 1.165) is 0 Å². The molecule has 17 heteroatoms. The summed E-state index contributed by atoms with van der Waals surface area (Å²) in [6.45, 7) is 6.75. The number of ketones is 2. The number of nitrogens with one attached hydrogen (secondary N) is 3. The van der Waals surface area contributed by atoms with Crippen LogP contribution in [0.3, 0.4) is 0 Å². The SMILES string of the molecule is COc1cccc2c1C(=O)c1c(O)c3c(c(O)c1C2=O)C[C@@](O)(C(=O)NCCNC(=O)CNC(C)C)C[C@@H]3OC1CC2C(OC3C(OC)OCCN23)C(C)O1. The third-order valence-electron chi connectivity index (χ3n) is 11.0. The maximum absolute atomic E-state index is 14.1. The topological polar surface area (TPSA) is 224 Å². The van der Waals surface area contributed by atoms with Crippen LogP contribution in [0.4, 0.5) is 0 Å². The molecule has 0 aromatic heterocycles. The van der Waals surface area contributed by atoms with Gasteiger partial charge in [-0.25, -0.2) is 0 Å². The van der Waals surface area contributed by atoms with E-state index in [0.29, 0.717) is 13.2 Å². The van der Waals surface area contributed by atoms with Gasteiger partial charge in [0.05, 0.1) is 49.2 Å². The number of aromatic hydroxyl groups is 2. The first-order valence-corrected chi connectivity index (χ1v) is 18.5. The fraction of sp³-hybridized carbons (Fsp3) is 0.579. The zero-order valence-corrected chi connectivity index (χ0v) is 31.4. The number of rotatable bonds is 11. The van der Waals surface area contributed by atoms with Crippen LogP contribution >= 0.6 is 0 Å². The van der Waals surface area contributed by atoms with Crippen LogP contribution in [0.15, 0.2) is 18.2 Å². The first kappa shape index (κ1) is 39.1. The Hall–Kier alpha value is -4.20. The number of carbonyl (C=O) groups excluding carboxylic acids is 4. The molecule has 6 N–H and O–H groups in total. The average molecular weight is 769 g/mol. The number of phenols is 2. The molecule has 2 aromatic carbocycles. The quantitative estimate of drug-likeness (QED) is 0.115. The minimum absolute atomic E-state index is 0.0323. The lowest BCUT2D eigenvalue weighted by atomic mass is 9.72. The molecule has 298 valence electrons. The van der Waals surface area contributed by atoms with Crippen molar-refractivity contribution in [1.82, 2.24) is 20.9 Å². The minimum atomic E-state index is -2.23. The van der Waals surface area contributed by atoms with E-state index >= 15 is 0 Å². The zero-order chi connectivity index (χ0) is 39.3. The van der Waals surface area contributed by atoms with E-state index in [-0.39, 0.29) is 78.2 Å². The smallest absolute Gasteiger partial charge is 0.252 e. The van der Waals surface area contributed by atoms with Crippen molar-refractivity contribution >= 4 is 23.4 Å². The Morgan fingerprint density at radius 1 is 1.04 bits per heavy atom. The van der Waals surface area contributed by atoms with E-state index in [2.05, 4.69) is 20.9 Å². The molecule has 0 saturated carbocycles. The van der Waals surface area contributed by atoms with Gasteiger partial charge in [-0.15, -0.1) is 0 Å². The van der Waals surface area contributed by atoms with E-state index in [1.807, 2.05) is 20.8 Å². The van der Waals surface area contributed by atoms with Crippen molar-refractivity contribution < 1.29 is 62.9 Å². The molecule has 17 nitrogen and oxygen atoms in total. The van der Waals surface area contributed by atoms with Gasteiger partial charge in [-0.2, -0.15) is 0 Å². The monoisotopic (exact) mass is 768 g/mol. The minimum Gasteiger partial charge on any atom is -0.507 e. The molecule has 3 aliphatic heterocycles. The van der Waals surface area contributed by atoms with Crippen molar-refractivity contribution in [2.24, 2.45) is 0 Å². The first-order valence-electron chi connectivity index (χ1n) is 18.5. The van der Waals surface area contributed by atoms with Crippen molar-refractivity contribution in [1.29, 1.82) is 0 Å². The number of nitrogens with zero attached hydrogens (tertiary/aromatic N) is 1. The summed E-state index contributed by atoms with van der Waals surface area (Å²) >= 11 is 0. The molecule has 8 atom stereocenters. The number of methoxy groups -OCH3 is 2. The van der Waals surface area contributed by atoms with Gasteiger partial charge in [-0.05, 0) is 13.0 Å². The van der Waals surface area contributed by atoms with Crippen molar-refractivity contribution in [3.8, 4) is 17.2 Å². The molecule has 7 rings (SSSR count). The predicted octanol–water partition coefficient (Wildman–Crippen LogP) is 0.380. The molecular weight excluding hydrogens is 720 g/mol. The highest BCUT2D eigenvalue weighted by molar-refractivity contribution is 6.31. The highest BCUT2D eigenvalue weighted by Crippen LogP contribution is 2.53. The van der Waals surface area contributed by atoms with E-state index in [1.54, 1.807) is 0 Å². The Bertz CT molecular complexity index is 1870. The maximum Gasteiger partial charge on any atom is 0.252 e. The predicted molar refractivity (Wildman–Crippen MR) is 191 cm³/mol. The number of morpholine rings is 1. The maximum atomic E-state index is 14.1. The summed E-state index contributed by atoms with van der Waals surface area (Å²) in [5.74, 6) is -3.78. The molecule has 0 radical (unpaired) electrons. The molecule has 3 saturated heterocycles. The number of carbonyl (C=O) groups is 4. The molecule has 5 aliphatic rings. The number of amides is 2. The molecule has 3 heterocycles. The van der Waals surface area contributed by atoms with Crippen LogP contribution in [0, 0.1) is 0 Å². The van der Waals surface area contributed by atoms with Crippen LogP contribution in [0.2, 0.25) is 0 Å². The van der Waals surface area contributed by atoms with E-state index in [9.17, 15) is 34.5 Å². The summed E-state index contributed by atoms with van der Waals surface area (Å²) in [5.41, 5.74) is -3.42. The Labute approximate surface area is 317 Å².